The lowest BCUT2D eigenvalue weighted by atomic mass is 10.2. The van der Waals surface area contributed by atoms with Crippen molar-refractivity contribution in [1.29, 1.82) is 0 Å². The van der Waals surface area contributed by atoms with Crippen LogP contribution in [0.1, 0.15) is 11.1 Å². The Kier molecular flexibility index (Phi) is 4.50. The molecule has 19 heavy (non-hydrogen) atoms. The molecule has 0 aliphatic carbocycles. The largest absolute Gasteiger partial charge is 0.398 e. The van der Waals surface area contributed by atoms with Crippen LogP contribution in [0, 0.1) is 6.92 Å². The van der Waals surface area contributed by atoms with Gasteiger partial charge in [0.15, 0.2) is 0 Å². The number of hydrogen-bond acceptors (Lipinski definition) is 2. The maximum absolute atomic E-state index is 12.3. The fourth-order valence-corrected chi connectivity index (χ4v) is 3.30. The van der Waals surface area contributed by atoms with Crippen LogP contribution >= 0.6 is 23.2 Å². The quantitative estimate of drug-likeness (QED) is 0.863. The Morgan fingerprint density at radius 3 is 2.53 bits per heavy atom. The van der Waals surface area contributed by atoms with Gasteiger partial charge in [-0.3, -0.25) is 4.21 Å². The monoisotopic (exact) mass is 313 g/mol. The topological polar surface area (TPSA) is 43.1 Å². The summed E-state index contributed by atoms with van der Waals surface area (Å²) >= 11 is 11.8. The standard InChI is InChI=1S/C14H13Cl2NOS/c1-9-2-5-13(17)14(6-9)19(18)8-10-3-4-11(15)12(16)7-10/h2-7H,8,17H2,1H3. The molecule has 0 spiro atoms. The first-order chi connectivity index (χ1) is 8.97. The van der Waals surface area contributed by atoms with Gasteiger partial charge in [-0.1, -0.05) is 35.3 Å². The Hall–Kier alpha value is -1.03. The van der Waals surface area contributed by atoms with Gasteiger partial charge < -0.3 is 5.73 Å². The van der Waals surface area contributed by atoms with Crippen LogP contribution in [-0.4, -0.2) is 4.21 Å². The minimum absolute atomic E-state index is 0.366. The van der Waals surface area contributed by atoms with Crippen molar-refractivity contribution in [1.82, 2.24) is 0 Å². The van der Waals surface area contributed by atoms with Crippen LogP contribution in [0.5, 0.6) is 0 Å². The van der Waals surface area contributed by atoms with E-state index in [0.29, 0.717) is 26.4 Å². The minimum Gasteiger partial charge on any atom is -0.398 e. The minimum atomic E-state index is -1.20. The molecule has 0 saturated carbocycles. The second-order valence-electron chi connectivity index (χ2n) is 4.28. The first-order valence-electron chi connectivity index (χ1n) is 5.66. The van der Waals surface area contributed by atoms with E-state index in [1.807, 2.05) is 25.1 Å². The van der Waals surface area contributed by atoms with Gasteiger partial charge in [0.25, 0.3) is 0 Å². The van der Waals surface area contributed by atoms with Crippen LogP contribution in [0.3, 0.4) is 0 Å². The predicted molar refractivity (Wildman–Crippen MR) is 82.2 cm³/mol. The SMILES string of the molecule is Cc1ccc(N)c(S(=O)Cc2ccc(Cl)c(Cl)c2)c1. The van der Waals surface area contributed by atoms with Crippen LogP contribution in [0.2, 0.25) is 10.0 Å². The van der Waals surface area contributed by atoms with Crippen LogP contribution in [0.25, 0.3) is 0 Å². The normalized spacial score (nSPS) is 12.4. The molecule has 0 amide bonds. The van der Waals surface area contributed by atoms with Crippen LogP contribution < -0.4 is 5.73 Å². The molecule has 0 heterocycles. The lowest BCUT2D eigenvalue weighted by Gasteiger charge is -2.08. The molecule has 0 aliphatic heterocycles. The molecule has 1 unspecified atom stereocenters. The molecule has 0 bridgehead atoms. The zero-order chi connectivity index (χ0) is 14.0. The Bertz CT molecular complexity index is 643. The maximum Gasteiger partial charge on any atom is 0.0623 e. The molecule has 0 saturated heterocycles. The summed E-state index contributed by atoms with van der Waals surface area (Å²) in [5.41, 5.74) is 8.31. The van der Waals surface area contributed by atoms with Crippen molar-refractivity contribution in [3.8, 4) is 0 Å². The third-order valence-electron chi connectivity index (χ3n) is 2.70. The molecule has 2 rings (SSSR count). The van der Waals surface area contributed by atoms with Gasteiger partial charge in [-0.05, 0) is 42.3 Å². The van der Waals surface area contributed by atoms with Gasteiger partial charge in [0, 0.05) is 5.69 Å². The van der Waals surface area contributed by atoms with Gasteiger partial charge >= 0.3 is 0 Å². The van der Waals surface area contributed by atoms with Crippen molar-refractivity contribution in [3.05, 3.63) is 57.6 Å². The predicted octanol–water partition coefficient (Wildman–Crippen LogP) is 4.19. The smallest absolute Gasteiger partial charge is 0.0623 e. The number of halogens is 2. The van der Waals surface area contributed by atoms with Gasteiger partial charge in [0.05, 0.1) is 31.5 Å². The molecule has 5 heteroatoms. The van der Waals surface area contributed by atoms with Gasteiger partial charge in [-0.15, -0.1) is 0 Å². The van der Waals surface area contributed by atoms with Crippen molar-refractivity contribution >= 4 is 39.7 Å². The number of benzene rings is 2. The molecule has 2 aromatic carbocycles. The van der Waals surface area contributed by atoms with E-state index in [1.54, 1.807) is 18.2 Å². The van der Waals surface area contributed by atoms with Gasteiger partial charge in [0.2, 0.25) is 0 Å². The molecule has 2 nitrogen and oxygen atoms in total. The van der Waals surface area contributed by atoms with Gasteiger partial charge in [0.1, 0.15) is 0 Å². The number of aryl methyl sites for hydroxylation is 1. The first kappa shape index (κ1) is 14.4. The summed E-state index contributed by atoms with van der Waals surface area (Å²) in [6.07, 6.45) is 0. The number of nitrogens with two attached hydrogens (primary N) is 1. The summed E-state index contributed by atoms with van der Waals surface area (Å²) in [6, 6.07) is 10.8. The van der Waals surface area contributed by atoms with Crippen molar-refractivity contribution in [2.75, 3.05) is 5.73 Å². The second-order valence-corrected chi connectivity index (χ2v) is 6.51. The van der Waals surface area contributed by atoms with Crippen molar-refractivity contribution in [2.24, 2.45) is 0 Å². The summed E-state index contributed by atoms with van der Waals surface area (Å²) in [5.74, 6) is 0.366. The fraction of sp³-hybridized carbons (Fsp3) is 0.143. The Balaban J connectivity index is 2.25. The number of nitrogen functional groups attached to an aromatic ring is 1. The average molecular weight is 314 g/mol. The summed E-state index contributed by atoms with van der Waals surface area (Å²) in [4.78, 5) is 0.658. The lowest BCUT2D eigenvalue weighted by molar-refractivity contribution is 0.683. The number of anilines is 1. The van der Waals surface area contributed by atoms with Crippen LogP contribution in [0.4, 0.5) is 5.69 Å². The highest BCUT2D eigenvalue weighted by Gasteiger charge is 2.10. The highest BCUT2D eigenvalue weighted by molar-refractivity contribution is 7.84. The van der Waals surface area contributed by atoms with E-state index in [-0.39, 0.29) is 0 Å². The van der Waals surface area contributed by atoms with Crippen LogP contribution in [0.15, 0.2) is 41.3 Å². The zero-order valence-electron chi connectivity index (χ0n) is 10.3. The highest BCUT2D eigenvalue weighted by Crippen LogP contribution is 2.25. The van der Waals surface area contributed by atoms with E-state index < -0.39 is 10.8 Å². The lowest BCUT2D eigenvalue weighted by Crippen LogP contribution is -2.01. The molecule has 0 aliphatic rings. The summed E-state index contributed by atoms with van der Waals surface area (Å²) in [5, 5.41) is 0.958. The van der Waals surface area contributed by atoms with Crippen molar-refractivity contribution < 1.29 is 4.21 Å². The first-order valence-corrected chi connectivity index (χ1v) is 7.73. The van der Waals surface area contributed by atoms with E-state index in [1.165, 1.54) is 0 Å². The summed E-state index contributed by atoms with van der Waals surface area (Å²) in [6.45, 7) is 1.94. The number of hydrogen-bond donors (Lipinski definition) is 1. The van der Waals surface area contributed by atoms with Crippen molar-refractivity contribution in [3.63, 3.8) is 0 Å². The third-order valence-corrected chi connectivity index (χ3v) is 4.87. The van der Waals surface area contributed by atoms with E-state index in [4.69, 9.17) is 28.9 Å². The highest BCUT2D eigenvalue weighted by atomic mass is 35.5. The number of rotatable bonds is 3. The molecule has 0 fully saturated rings. The Morgan fingerprint density at radius 2 is 1.84 bits per heavy atom. The van der Waals surface area contributed by atoms with E-state index in [9.17, 15) is 4.21 Å². The van der Waals surface area contributed by atoms with E-state index in [0.717, 1.165) is 11.1 Å². The average Bonchev–Trinajstić information content (AvgIpc) is 2.36. The van der Waals surface area contributed by atoms with Crippen LogP contribution in [-0.2, 0) is 16.6 Å². The van der Waals surface area contributed by atoms with E-state index >= 15 is 0 Å². The molecule has 1 atom stereocenters. The fourth-order valence-electron chi connectivity index (χ4n) is 1.70. The Morgan fingerprint density at radius 1 is 1.11 bits per heavy atom. The molecule has 0 radical (unpaired) electrons. The van der Waals surface area contributed by atoms with Gasteiger partial charge in [-0.2, -0.15) is 0 Å². The van der Waals surface area contributed by atoms with Gasteiger partial charge in [-0.25, -0.2) is 0 Å². The summed E-state index contributed by atoms with van der Waals surface area (Å²) in [7, 11) is -1.20. The molecule has 2 N–H and O–H groups in total. The third kappa shape index (κ3) is 3.50. The van der Waals surface area contributed by atoms with Crippen molar-refractivity contribution in [2.45, 2.75) is 17.6 Å². The molecule has 0 aromatic heterocycles. The maximum atomic E-state index is 12.3. The zero-order valence-corrected chi connectivity index (χ0v) is 12.6. The molecule has 100 valence electrons. The van der Waals surface area contributed by atoms with E-state index in [2.05, 4.69) is 0 Å². The molecular weight excluding hydrogens is 301 g/mol. The summed E-state index contributed by atoms with van der Waals surface area (Å²) < 4.78 is 12.3. The molecular formula is C14H13Cl2NOS. The Labute approximate surface area is 125 Å². The second kappa shape index (κ2) is 5.95. The molecule has 2 aromatic rings.